The van der Waals surface area contributed by atoms with E-state index in [1.165, 1.54) is 18.1 Å². The van der Waals surface area contributed by atoms with Gasteiger partial charge in [0, 0.05) is 13.1 Å². The number of aryl methyl sites for hydroxylation is 1. The van der Waals surface area contributed by atoms with Gasteiger partial charge in [0.15, 0.2) is 11.2 Å². The average Bonchev–Trinajstić information content (AvgIpc) is 3.28. The normalized spacial score (nSPS) is 12.6. The first-order valence-electron chi connectivity index (χ1n) is 12.9. The maximum atomic E-state index is 13.7. The fraction of sp³-hybridized carbons (Fsp3) is 0.481. The molecule has 0 aliphatic heterocycles. The monoisotopic (exact) mass is 493 g/mol. The number of aromatic nitrogens is 5. The quantitative estimate of drug-likeness (QED) is 0.362. The van der Waals surface area contributed by atoms with Crippen LogP contribution in [0.15, 0.2) is 44.7 Å². The lowest BCUT2D eigenvalue weighted by atomic mass is 10.0. The first-order chi connectivity index (χ1) is 17.3. The fourth-order valence-electron chi connectivity index (χ4n) is 4.64. The molecular formula is C27H35N5O4. The van der Waals surface area contributed by atoms with E-state index in [0.29, 0.717) is 19.4 Å². The second kappa shape index (κ2) is 10.6. The second-order valence-electron chi connectivity index (χ2n) is 9.44. The zero-order chi connectivity index (χ0) is 26.0. The van der Waals surface area contributed by atoms with Crippen LogP contribution in [-0.2, 0) is 19.6 Å². The Balaban J connectivity index is 2.18. The SMILES string of the molecule is CCCCn1c(=O)c2c(nc3n(Cc4ccccc4)c(=O)c(C(C)CC)c(O)n23)n(CCCC)c1=O. The van der Waals surface area contributed by atoms with Gasteiger partial charge in [0.2, 0.25) is 11.7 Å². The third-order valence-electron chi connectivity index (χ3n) is 6.94. The molecule has 1 aromatic carbocycles. The van der Waals surface area contributed by atoms with Gasteiger partial charge < -0.3 is 5.11 Å². The van der Waals surface area contributed by atoms with Crippen molar-refractivity contribution >= 4 is 16.9 Å². The van der Waals surface area contributed by atoms with E-state index >= 15 is 0 Å². The van der Waals surface area contributed by atoms with Crippen molar-refractivity contribution in [3.63, 3.8) is 0 Å². The van der Waals surface area contributed by atoms with E-state index in [-0.39, 0.29) is 53.0 Å². The molecule has 0 saturated heterocycles. The molecule has 1 N–H and O–H groups in total. The van der Waals surface area contributed by atoms with Crippen LogP contribution in [0.25, 0.3) is 16.9 Å². The summed E-state index contributed by atoms with van der Waals surface area (Å²) in [7, 11) is 0. The summed E-state index contributed by atoms with van der Waals surface area (Å²) in [5, 5.41) is 11.4. The molecular weight excluding hydrogens is 458 g/mol. The minimum atomic E-state index is -0.501. The second-order valence-corrected chi connectivity index (χ2v) is 9.44. The molecule has 192 valence electrons. The van der Waals surface area contributed by atoms with E-state index in [9.17, 15) is 19.5 Å². The number of unbranched alkanes of at least 4 members (excludes halogenated alkanes) is 2. The topological polar surface area (TPSA) is 104 Å². The highest BCUT2D eigenvalue weighted by Crippen LogP contribution is 2.28. The molecule has 1 atom stereocenters. The summed E-state index contributed by atoms with van der Waals surface area (Å²) in [5.41, 5.74) is 0.200. The van der Waals surface area contributed by atoms with Crippen molar-refractivity contribution < 1.29 is 5.11 Å². The smallest absolute Gasteiger partial charge is 0.332 e. The van der Waals surface area contributed by atoms with Gasteiger partial charge >= 0.3 is 5.69 Å². The Kier molecular flexibility index (Phi) is 7.47. The van der Waals surface area contributed by atoms with Crippen molar-refractivity contribution in [3.8, 4) is 5.88 Å². The lowest BCUT2D eigenvalue weighted by Gasteiger charge is -2.16. The molecule has 0 radical (unpaired) electrons. The number of aromatic hydroxyl groups is 1. The van der Waals surface area contributed by atoms with Crippen LogP contribution in [0.4, 0.5) is 0 Å². The Morgan fingerprint density at radius 1 is 0.889 bits per heavy atom. The van der Waals surface area contributed by atoms with Crippen LogP contribution in [0.5, 0.6) is 5.88 Å². The van der Waals surface area contributed by atoms with Crippen LogP contribution in [0.2, 0.25) is 0 Å². The fourth-order valence-corrected chi connectivity index (χ4v) is 4.64. The molecule has 4 aromatic rings. The molecule has 4 rings (SSSR count). The summed E-state index contributed by atoms with van der Waals surface area (Å²) in [4.78, 5) is 45.5. The Morgan fingerprint density at radius 2 is 1.53 bits per heavy atom. The zero-order valence-electron chi connectivity index (χ0n) is 21.5. The summed E-state index contributed by atoms with van der Waals surface area (Å²) in [6, 6.07) is 9.51. The van der Waals surface area contributed by atoms with Crippen LogP contribution in [-0.4, -0.2) is 28.2 Å². The number of hydrogen-bond acceptors (Lipinski definition) is 5. The maximum Gasteiger partial charge on any atom is 0.332 e. The molecule has 9 heteroatoms. The molecule has 0 aliphatic rings. The first kappa shape index (κ1) is 25.5. The van der Waals surface area contributed by atoms with Crippen molar-refractivity contribution in [2.24, 2.45) is 0 Å². The third kappa shape index (κ3) is 4.27. The highest BCUT2D eigenvalue weighted by molar-refractivity contribution is 5.76. The highest BCUT2D eigenvalue weighted by Gasteiger charge is 2.27. The number of fused-ring (bicyclic) bond motifs is 3. The number of nitrogens with zero attached hydrogens (tertiary/aromatic N) is 5. The molecule has 0 bridgehead atoms. The standard InChI is InChI=1S/C27H35N5O4/c1-5-8-15-29-22-21(25(35)30(27(29)36)16-9-6-2)32-24(34)20(18(4)7-3)23(33)31(26(32)28-22)17-19-13-11-10-12-14-19/h10-14,18,34H,5-9,15-17H2,1-4H3. The van der Waals surface area contributed by atoms with Crippen LogP contribution >= 0.6 is 0 Å². The summed E-state index contributed by atoms with van der Waals surface area (Å²) in [6.07, 6.45) is 3.72. The van der Waals surface area contributed by atoms with Gasteiger partial charge in [-0.3, -0.25) is 23.3 Å². The van der Waals surface area contributed by atoms with E-state index in [4.69, 9.17) is 0 Å². The molecule has 0 aliphatic carbocycles. The van der Waals surface area contributed by atoms with E-state index in [2.05, 4.69) is 4.98 Å². The first-order valence-corrected chi connectivity index (χ1v) is 12.9. The van der Waals surface area contributed by atoms with Gasteiger partial charge in [0.25, 0.3) is 11.1 Å². The van der Waals surface area contributed by atoms with Gasteiger partial charge in [0.1, 0.15) is 0 Å². The van der Waals surface area contributed by atoms with Gasteiger partial charge in [0.05, 0.1) is 12.1 Å². The van der Waals surface area contributed by atoms with Crippen LogP contribution in [0.1, 0.15) is 76.8 Å². The molecule has 0 saturated carbocycles. The molecule has 0 amide bonds. The van der Waals surface area contributed by atoms with Crippen LogP contribution in [0.3, 0.4) is 0 Å². The Hall–Kier alpha value is -3.62. The average molecular weight is 494 g/mol. The van der Waals surface area contributed by atoms with Crippen molar-refractivity contribution in [1.82, 2.24) is 23.1 Å². The number of hydrogen-bond donors (Lipinski definition) is 1. The van der Waals surface area contributed by atoms with Gasteiger partial charge in [-0.05, 0) is 30.7 Å². The molecule has 0 spiro atoms. The lowest BCUT2D eigenvalue weighted by Crippen LogP contribution is -2.40. The van der Waals surface area contributed by atoms with Gasteiger partial charge in [-0.25, -0.2) is 9.20 Å². The molecule has 1 unspecified atom stereocenters. The van der Waals surface area contributed by atoms with Crippen LogP contribution < -0.4 is 16.8 Å². The molecule has 3 aromatic heterocycles. The maximum absolute atomic E-state index is 13.7. The minimum Gasteiger partial charge on any atom is -0.494 e. The van der Waals surface area contributed by atoms with Crippen molar-refractivity contribution in [3.05, 3.63) is 72.7 Å². The molecule has 0 fully saturated rings. The number of benzene rings is 1. The lowest BCUT2D eigenvalue weighted by molar-refractivity contribution is 0.427. The summed E-state index contributed by atoms with van der Waals surface area (Å²) < 4.78 is 5.64. The highest BCUT2D eigenvalue weighted by atomic mass is 16.3. The summed E-state index contributed by atoms with van der Waals surface area (Å²) in [5.74, 6) is -0.371. The molecule has 9 nitrogen and oxygen atoms in total. The predicted molar refractivity (Wildman–Crippen MR) is 141 cm³/mol. The van der Waals surface area contributed by atoms with E-state index in [1.807, 2.05) is 58.0 Å². The number of rotatable bonds is 10. The van der Waals surface area contributed by atoms with Crippen LogP contribution in [0, 0.1) is 0 Å². The van der Waals surface area contributed by atoms with E-state index in [0.717, 1.165) is 24.8 Å². The van der Waals surface area contributed by atoms with Crippen molar-refractivity contribution in [2.75, 3.05) is 0 Å². The van der Waals surface area contributed by atoms with E-state index < -0.39 is 11.2 Å². The van der Waals surface area contributed by atoms with Crippen molar-refractivity contribution in [1.29, 1.82) is 0 Å². The van der Waals surface area contributed by atoms with E-state index in [1.54, 1.807) is 0 Å². The number of imidazole rings is 1. The Labute approximate surface area is 209 Å². The van der Waals surface area contributed by atoms with Gasteiger partial charge in [-0.15, -0.1) is 0 Å². The van der Waals surface area contributed by atoms with Gasteiger partial charge in [-0.2, -0.15) is 4.98 Å². The van der Waals surface area contributed by atoms with Crippen molar-refractivity contribution in [2.45, 2.75) is 85.4 Å². The molecule has 3 heterocycles. The predicted octanol–water partition coefficient (Wildman–Crippen LogP) is 3.84. The largest absolute Gasteiger partial charge is 0.494 e. The summed E-state index contributed by atoms with van der Waals surface area (Å²) in [6.45, 7) is 8.75. The Bertz CT molecular complexity index is 1560. The minimum absolute atomic E-state index is 0.126. The zero-order valence-corrected chi connectivity index (χ0v) is 21.5. The summed E-state index contributed by atoms with van der Waals surface area (Å²) >= 11 is 0. The molecule has 36 heavy (non-hydrogen) atoms. The third-order valence-corrected chi connectivity index (χ3v) is 6.94. The Morgan fingerprint density at radius 3 is 2.14 bits per heavy atom. The van der Waals surface area contributed by atoms with Gasteiger partial charge in [-0.1, -0.05) is 70.9 Å².